The number of rotatable bonds is 6. The van der Waals surface area contributed by atoms with Crippen LogP contribution in [0.15, 0.2) is 45.7 Å². The van der Waals surface area contributed by atoms with Crippen LogP contribution >= 0.6 is 0 Å². The lowest BCUT2D eigenvalue weighted by Gasteiger charge is -2.15. The monoisotopic (exact) mass is 344 g/mol. The lowest BCUT2D eigenvalue weighted by Crippen LogP contribution is -2.29. The minimum Gasteiger partial charge on any atom is -0.313 e. The first-order valence-corrected chi connectivity index (χ1v) is 10.2. The van der Waals surface area contributed by atoms with Crippen LogP contribution in [0.25, 0.3) is 0 Å². The van der Waals surface area contributed by atoms with Crippen LogP contribution in [-0.2, 0) is 19.9 Å². The van der Waals surface area contributed by atoms with E-state index in [1.54, 1.807) is 0 Å². The molecular formula is C14H20N2O4S2. The Bertz CT molecular complexity index is 768. The van der Waals surface area contributed by atoms with Gasteiger partial charge in [-0.3, -0.25) is 0 Å². The highest BCUT2D eigenvalue weighted by molar-refractivity contribution is 7.91. The van der Waals surface area contributed by atoms with Gasteiger partial charge in [0.25, 0.3) is 0 Å². The first-order chi connectivity index (χ1) is 10.3. The van der Waals surface area contributed by atoms with Crippen molar-refractivity contribution < 1.29 is 16.8 Å². The van der Waals surface area contributed by atoms with E-state index in [-0.39, 0.29) is 22.1 Å². The smallest absolute Gasteiger partial charge is 0.240 e. The van der Waals surface area contributed by atoms with Gasteiger partial charge in [0.05, 0.1) is 15.5 Å². The SMILES string of the molecule is CCS(=O)(=O)c1cccc(S(=O)(=O)NCC2=CCNCC2)c1. The normalized spacial score (nSPS) is 16.3. The van der Waals surface area contributed by atoms with Gasteiger partial charge in [-0.25, -0.2) is 21.6 Å². The summed E-state index contributed by atoms with van der Waals surface area (Å²) in [5.41, 5.74) is 1.03. The van der Waals surface area contributed by atoms with Crippen molar-refractivity contribution in [2.24, 2.45) is 0 Å². The molecule has 8 heteroatoms. The summed E-state index contributed by atoms with van der Waals surface area (Å²) in [6, 6.07) is 5.46. The van der Waals surface area contributed by atoms with Crippen molar-refractivity contribution in [2.75, 3.05) is 25.4 Å². The van der Waals surface area contributed by atoms with Gasteiger partial charge in [-0.2, -0.15) is 0 Å². The van der Waals surface area contributed by atoms with Crippen molar-refractivity contribution in [2.45, 2.75) is 23.1 Å². The molecule has 22 heavy (non-hydrogen) atoms. The van der Waals surface area contributed by atoms with Gasteiger partial charge in [-0.1, -0.05) is 24.6 Å². The fraction of sp³-hybridized carbons (Fsp3) is 0.429. The molecule has 0 bridgehead atoms. The Morgan fingerprint density at radius 3 is 2.55 bits per heavy atom. The molecule has 0 saturated carbocycles. The van der Waals surface area contributed by atoms with Crippen molar-refractivity contribution in [3.63, 3.8) is 0 Å². The molecule has 0 fully saturated rings. The average molecular weight is 344 g/mol. The predicted octanol–water partition coefficient (Wildman–Crippen LogP) is 0.678. The molecule has 1 heterocycles. The van der Waals surface area contributed by atoms with Crippen LogP contribution < -0.4 is 10.0 Å². The van der Waals surface area contributed by atoms with Crippen molar-refractivity contribution >= 4 is 19.9 Å². The standard InChI is InChI=1S/C14H20N2O4S2/c1-2-21(17,18)13-4-3-5-14(10-13)22(19,20)16-11-12-6-8-15-9-7-12/h3-6,10,15-16H,2,7-9,11H2,1H3. The molecule has 122 valence electrons. The summed E-state index contributed by atoms with van der Waals surface area (Å²) in [6.45, 7) is 3.34. The first kappa shape index (κ1) is 17.1. The largest absolute Gasteiger partial charge is 0.313 e. The highest BCUT2D eigenvalue weighted by Gasteiger charge is 2.18. The van der Waals surface area contributed by atoms with E-state index < -0.39 is 19.9 Å². The molecule has 0 spiro atoms. The van der Waals surface area contributed by atoms with E-state index in [2.05, 4.69) is 10.0 Å². The molecule has 1 aromatic carbocycles. The van der Waals surface area contributed by atoms with Gasteiger partial charge in [0, 0.05) is 13.1 Å². The number of hydrogen-bond acceptors (Lipinski definition) is 5. The Kier molecular flexibility index (Phi) is 5.38. The van der Waals surface area contributed by atoms with Gasteiger partial charge in [0.2, 0.25) is 10.0 Å². The highest BCUT2D eigenvalue weighted by atomic mass is 32.2. The zero-order valence-corrected chi connectivity index (χ0v) is 14.0. The molecule has 6 nitrogen and oxygen atoms in total. The highest BCUT2D eigenvalue weighted by Crippen LogP contribution is 2.17. The number of nitrogens with one attached hydrogen (secondary N) is 2. The predicted molar refractivity (Wildman–Crippen MR) is 84.9 cm³/mol. The van der Waals surface area contributed by atoms with Gasteiger partial charge in [-0.15, -0.1) is 0 Å². The quantitative estimate of drug-likeness (QED) is 0.740. The molecule has 0 atom stereocenters. The molecule has 1 aromatic rings. The lowest BCUT2D eigenvalue weighted by molar-refractivity contribution is 0.582. The number of sulfonamides is 1. The second-order valence-electron chi connectivity index (χ2n) is 5.02. The van der Waals surface area contributed by atoms with E-state index >= 15 is 0 Å². The van der Waals surface area contributed by atoms with Gasteiger partial charge < -0.3 is 5.32 Å². The summed E-state index contributed by atoms with van der Waals surface area (Å²) in [5, 5.41) is 3.15. The molecule has 0 aromatic heterocycles. The van der Waals surface area contributed by atoms with Crippen LogP contribution in [0.1, 0.15) is 13.3 Å². The zero-order valence-electron chi connectivity index (χ0n) is 12.4. The maximum absolute atomic E-state index is 12.3. The van der Waals surface area contributed by atoms with Crippen LogP contribution in [-0.4, -0.2) is 42.2 Å². The molecule has 0 radical (unpaired) electrons. The van der Waals surface area contributed by atoms with Crippen molar-refractivity contribution in [1.29, 1.82) is 0 Å². The molecule has 0 amide bonds. The third-order valence-electron chi connectivity index (χ3n) is 3.50. The molecular weight excluding hydrogens is 324 g/mol. The van der Waals surface area contributed by atoms with Gasteiger partial charge >= 0.3 is 0 Å². The van der Waals surface area contributed by atoms with E-state index in [0.717, 1.165) is 25.1 Å². The Labute approximate surface area is 131 Å². The lowest BCUT2D eigenvalue weighted by atomic mass is 10.1. The maximum atomic E-state index is 12.3. The van der Waals surface area contributed by atoms with E-state index in [1.807, 2.05) is 6.08 Å². The summed E-state index contributed by atoms with van der Waals surface area (Å²) < 4.78 is 50.8. The molecule has 1 aliphatic heterocycles. The minimum atomic E-state index is -3.73. The van der Waals surface area contributed by atoms with E-state index in [1.165, 1.54) is 31.2 Å². The summed E-state index contributed by atoms with van der Waals surface area (Å²) in [7, 11) is -7.15. The topological polar surface area (TPSA) is 92.3 Å². The molecule has 0 saturated heterocycles. The Morgan fingerprint density at radius 1 is 1.18 bits per heavy atom. The molecule has 2 N–H and O–H groups in total. The molecule has 0 aliphatic carbocycles. The van der Waals surface area contributed by atoms with Gasteiger partial charge in [0.15, 0.2) is 9.84 Å². The Hall–Kier alpha value is -1.22. The van der Waals surface area contributed by atoms with Crippen molar-refractivity contribution in [3.05, 3.63) is 35.9 Å². The average Bonchev–Trinajstić information content (AvgIpc) is 2.54. The zero-order chi connectivity index (χ0) is 16.2. The van der Waals surface area contributed by atoms with Crippen LogP contribution in [0.3, 0.4) is 0 Å². The van der Waals surface area contributed by atoms with Crippen LogP contribution in [0.5, 0.6) is 0 Å². The fourth-order valence-corrected chi connectivity index (χ4v) is 4.18. The molecule has 0 unspecified atom stereocenters. The second kappa shape index (κ2) is 6.91. The van der Waals surface area contributed by atoms with Crippen LogP contribution in [0, 0.1) is 0 Å². The second-order valence-corrected chi connectivity index (χ2v) is 9.06. The third kappa shape index (κ3) is 4.16. The van der Waals surface area contributed by atoms with Crippen LogP contribution in [0.2, 0.25) is 0 Å². The number of sulfone groups is 1. The summed E-state index contributed by atoms with van der Waals surface area (Å²) in [4.78, 5) is -0.00415. The molecule has 1 aliphatic rings. The van der Waals surface area contributed by atoms with Gasteiger partial charge in [-0.05, 0) is 31.2 Å². The van der Waals surface area contributed by atoms with Crippen LogP contribution in [0.4, 0.5) is 0 Å². The fourth-order valence-electron chi connectivity index (χ4n) is 2.10. The maximum Gasteiger partial charge on any atom is 0.240 e. The first-order valence-electron chi connectivity index (χ1n) is 7.06. The van der Waals surface area contributed by atoms with Crippen molar-refractivity contribution in [1.82, 2.24) is 10.0 Å². The molecule has 2 rings (SSSR count). The van der Waals surface area contributed by atoms with E-state index in [0.29, 0.717) is 0 Å². The summed E-state index contributed by atoms with van der Waals surface area (Å²) >= 11 is 0. The van der Waals surface area contributed by atoms with E-state index in [4.69, 9.17) is 0 Å². The number of hydrogen-bond donors (Lipinski definition) is 2. The summed E-state index contributed by atoms with van der Waals surface area (Å²) in [5.74, 6) is -0.0657. The Balaban J connectivity index is 2.19. The van der Waals surface area contributed by atoms with E-state index in [9.17, 15) is 16.8 Å². The van der Waals surface area contributed by atoms with Gasteiger partial charge in [0.1, 0.15) is 0 Å². The number of benzene rings is 1. The third-order valence-corrected chi connectivity index (χ3v) is 6.63. The minimum absolute atomic E-state index is 0.0268. The van der Waals surface area contributed by atoms with Crippen molar-refractivity contribution in [3.8, 4) is 0 Å². The summed E-state index contributed by atoms with van der Waals surface area (Å²) in [6.07, 6.45) is 2.76. The Morgan fingerprint density at radius 2 is 1.91 bits per heavy atom.